The van der Waals surface area contributed by atoms with Crippen LogP contribution in [0.2, 0.25) is 5.02 Å². The van der Waals surface area contributed by atoms with E-state index in [1.807, 2.05) is 46.0 Å². The summed E-state index contributed by atoms with van der Waals surface area (Å²) in [5.74, 6) is 0. The molecule has 0 saturated heterocycles. The highest BCUT2D eigenvalue weighted by Gasteiger charge is 2.25. The maximum atomic E-state index is 12.2. The van der Waals surface area contributed by atoms with E-state index in [0.717, 1.165) is 17.8 Å². The zero-order chi connectivity index (χ0) is 14.9. The molecule has 1 aliphatic heterocycles. The Kier molecular flexibility index (Phi) is 4.14. The SMILES string of the molecule is CN1CCN(C(=O)OC(C)(C)C)Cc2cc(Cl)ccc21. The first-order chi connectivity index (χ1) is 9.26. The monoisotopic (exact) mass is 296 g/mol. The predicted molar refractivity (Wildman–Crippen MR) is 81.4 cm³/mol. The number of likely N-dealkylation sites (N-methyl/N-ethyl adjacent to an activating group) is 1. The van der Waals surface area contributed by atoms with E-state index in [9.17, 15) is 4.79 Å². The van der Waals surface area contributed by atoms with Crippen LogP contribution in [0.5, 0.6) is 0 Å². The second kappa shape index (κ2) is 5.52. The topological polar surface area (TPSA) is 32.8 Å². The molecule has 0 aliphatic carbocycles. The number of hydrogen-bond donors (Lipinski definition) is 0. The summed E-state index contributed by atoms with van der Waals surface area (Å²) in [5, 5.41) is 0.684. The van der Waals surface area contributed by atoms with E-state index in [2.05, 4.69) is 4.90 Å². The van der Waals surface area contributed by atoms with Crippen LogP contribution in [0.15, 0.2) is 18.2 Å². The van der Waals surface area contributed by atoms with Crippen LogP contribution in [0.25, 0.3) is 0 Å². The molecule has 110 valence electrons. The zero-order valence-electron chi connectivity index (χ0n) is 12.4. The molecule has 0 unspecified atom stereocenters. The van der Waals surface area contributed by atoms with Gasteiger partial charge in [0.1, 0.15) is 5.60 Å². The maximum Gasteiger partial charge on any atom is 0.410 e. The van der Waals surface area contributed by atoms with Gasteiger partial charge in [-0.25, -0.2) is 4.79 Å². The molecule has 0 atom stereocenters. The number of amides is 1. The number of ether oxygens (including phenoxy) is 1. The normalized spacial score (nSPS) is 15.7. The number of anilines is 1. The second-order valence-electron chi connectivity index (χ2n) is 6.10. The van der Waals surface area contributed by atoms with E-state index < -0.39 is 5.60 Å². The van der Waals surface area contributed by atoms with Crippen LogP contribution in [0.4, 0.5) is 10.5 Å². The van der Waals surface area contributed by atoms with E-state index in [-0.39, 0.29) is 6.09 Å². The first-order valence-electron chi connectivity index (χ1n) is 6.74. The van der Waals surface area contributed by atoms with Crippen LogP contribution in [0.1, 0.15) is 26.3 Å². The van der Waals surface area contributed by atoms with Crippen molar-refractivity contribution in [2.75, 3.05) is 25.0 Å². The molecule has 1 aromatic rings. The van der Waals surface area contributed by atoms with Gasteiger partial charge in [0.15, 0.2) is 0 Å². The molecule has 0 saturated carbocycles. The van der Waals surface area contributed by atoms with Crippen molar-refractivity contribution in [2.24, 2.45) is 0 Å². The van der Waals surface area contributed by atoms with Gasteiger partial charge in [-0.05, 0) is 44.5 Å². The van der Waals surface area contributed by atoms with Gasteiger partial charge in [-0.2, -0.15) is 0 Å². The summed E-state index contributed by atoms with van der Waals surface area (Å²) in [4.78, 5) is 16.1. The fourth-order valence-electron chi connectivity index (χ4n) is 2.21. The lowest BCUT2D eigenvalue weighted by molar-refractivity contribution is 0.0243. The smallest absolute Gasteiger partial charge is 0.410 e. The summed E-state index contributed by atoms with van der Waals surface area (Å²) >= 11 is 6.06. The maximum absolute atomic E-state index is 12.2. The fourth-order valence-corrected chi connectivity index (χ4v) is 2.41. The second-order valence-corrected chi connectivity index (χ2v) is 6.53. The van der Waals surface area contributed by atoms with Crippen molar-refractivity contribution < 1.29 is 9.53 Å². The number of carbonyl (C=O) groups excluding carboxylic acids is 1. The highest BCUT2D eigenvalue weighted by molar-refractivity contribution is 6.30. The molecule has 0 spiro atoms. The van der Waals surface area contributed by atoms with Crippen LogP contribution in [-0.4, -0.2) is 36.7 Å². The molecule has 0 bridgehead atoms. The molecule has 2 rings (SSSR count). The number of rotatable bonds is 0. The summed E-state index contributed by atoms with van der Waals surface area (Å²) < 4.78 is 5.45. The molecule has 1 aliphatic rings. The first kappa shape index (κ1) is 15.0. The van der Waals surface area contributed by atoms with Crippen molar-refractivity contribution in [2.45, 2.75) is 32.9 Å². The average Bonchev–Trinajstić information content (AvgIpc) is 2.46. The summed E-state index contributed by atoms with van der Waals surface area (Å²) in [6.45, 7) is 7.56. The Labute approximate surface area is 125 Å². The third kappa shape index (κ3) is 3.57. The molecule has 20 heavy (non-hydrogen) atoms. The van der Waals surface area contributed by atoms with E-state index in [4.69, 9.17) is 16.3 Å². The minimum Gasteiger partial charge on any atom is -0.444 e. The van der Waals surface area contributed by atoms with Crippen LogP contribution in [0, 0.1) is 0 Å². The third-order valence-electron chi connectivity index (χ3n) is 3.17. The number of halogens is 1. The fraction of sp³-hybridized carbons (Fsp3) is 0.533. The predicted octanol–water partition coefficient (Wildman–Crippen LogP) is 3.53. The largest absolute Gasteiger partial charge is 0.444 e. The third-order valence-corrected chi connectivity index (χ3v) is 3.41. The number of carbonyl (C=O) groups is 1. The number of hydrogen-bond acceptors (Lipinski definition) is 3. The molecule has 1 amide bonds. The molecule has 0 radical (unpaired) electrons. The van der Waals surface area contributed by atoms with Gasteiger partial charge in [0, 0.05) is 30.8 Å². The molecule has 0 fully saturated rings. The van der Waals surface area contributed by atoms with Crippen LogP contribution in [-0.2, 0) is 11.3 Å². The summed E-state index contributed by atoms with van der Waals surface area (Å²) in [6.07, 6.45) is -0.279. The Balaban J connectivity index is 2.22. The van der Waals surface area contributed by atoms with Crippen LogP contribution >= 0.6 is 11.6 Å². The summed E-state index contributed by atoms with van der Waals surface area (Å²) in [6, 6.07) is 5.78. The van der Waals surface area contributed by atoms with Crippen molar-refractivity contribution in [3.05, 3.63) is 28.8 Å². The van der Waals surface area contributed by atoms with Crippen LogP contribution < -0.4 is 4.90 Å². The zero-order valence-corrected chi connectivity index (χ0v) is 13.2. The molecule has 4 nitrogen and oxygen atoms in total. The van der Waals surface area contributed by atoms with Crippen molar-refractivity contribution in [3.8, 4) is 0 Å². The summed E-state index contributed by atoms with van der Waals surface area (Å²) in [7, 11) is 2.02. The average molecular weight is 297 g/mol. The van der Waals surface area contributed by atoms with Crippen molar-refractivity contribution in [1.29, 1.82) is 0 Å². The van der Waals surface area contributed by atoms with E-state index >= 15 is 0 Å². The van der Waals surface area contributed by atoms with Gasteiger partial charge in [0.25, 0.3) is 0 Å². The van der Waals surface area contributed by atoms with Gasteiger partial charge in [-0.1, -0.05) is 11.6 Å². The van der Waals surface area contributed by atoms with E-state index in [1.165, 1.54) is 0 Å². The van der Waals surface area contributed by atoms with E-state index in [1.54, 1.807) is 4.90 Å². The van der Waals surface area contributed by atoms with Crippen molar-refractivity contribution >= 4 is 23.4 Å². The van der Waals surface area contributed by atoms with Gasteiger partial charge < -0.3 is 14.5 Å². The minimum absolute atomic E-state index is 0.279. The number of benzene rings is 1. The minimum atomic E-state index is -0.480. The Morgan fingerprint density at radius 1 is 1.30 bits per heavy atom. The van der Waals surface area contributed by atoms with E-state index in [0.29, 0.717) is 18.1 Å². The summed E-state index contributed by atoms with van der Waals surface area (Å²) in [5.41, 5.74) is 1.68. The van der Waals surface area contributed by atoms with Gasteiger partial charge in [0.2, 0.25) is 0 Å². The lowest BCUT2D eigenvalue weighted by Crippen LogP contribution is -2.38. The Hall–Kier alpha value is -1.42. The molecular formula is C15H21ClN2O2. The highest BCUT2D eigenvalue weighted by atomic mass is 35.5. The molecule has 0 N–H and O–H groups in total. The molecule has 1 aromatic carbocycles. The molecule has 1 heterocycles. The highest BCUT2D eigenvalue weighted by Crippen LogP contribution is 2.27. The molecular weight excluding hydrogens is 276 g/mol. The van der Waals surface area contributed by atoms with Gasteiger partial charge in [-0.3, -0.25) is 0 Å². The van der Waals surface area contributed by atoms with Crippen molar-refractivity contribution in [1.82, 2.24) is 4.90 Å². The quantitative estimate of drug-likeness (QED) is 0.734. The van der Waals surface area contributed by atoms with Crippen molar-refractivity contribution in [3.63, 3.8) is 0 Å². The lowest BCUT2D eigenvalue weighted by atomic mass is 10.1. The standard InChI is InChI=1S/C15H21ClN2O2/c1-15(2,3)20-14(19)18-8-7-17(4)13-6-5-12(16)9-11(13)10-18/h5-6,9H,7-8,10H2,1-4H3. The Bertz CT molecular complexity index is 511. The van der Waals surface area contributed by atoms with Crippen LogP contribution in [0.3, 0.4) is 0 Å². The molecule has 0 aromatic heterocycles. The Morgan fingerprint density at radius 3 is 2.65 bits per heavy atom. The Morgan fingerprint density at radius 2 is 2.00 bits per heavy atom. The first-order valence-corrected chi connectivity index (χ1v) is 7.11. The number of nitrogens with zero attached hydrogens (tertiary/aromatic N) is 2. The van der Waals surface area contributed by atoms with Gasteiger partial charge in [-0.15, -0.1) is 0 Å². The number of fused-ring (bicyclic) bond motifs is 1. The van der Waals surface area contributed by atoms with Gasteiger partial charge in [0.05, 0.1) is 6.54 Å². The lowest BCUT2D eigenvalue weighted by Gasteiger charge is -2.26. The molecule has 5 heteroatoms. The van der Waals surface area contributed by atoms with Gasteiger partial charge >= 0.3 is 6.09 Å².